The lowest BCUT2D eigenvalue weighted by molar-refractivity contribution is 0.147. The Kier molecular flexibility index (Phi) is 5.56. The smallest absolute Gasteiger partial charge is 0.226 e. The standard InChI is InChI=1S/C11H19N3O2/c1-4-16-7-5-6-12-11-13-9(2)8-10(14-11)15-3/h8H,4-7H2,1-3H3,(H,12,13,14). The molecule has 0 saturated heterocycles. The first-order valence-corrected chi connectivity index (χ1v) is 5.47. The van der Waals surface area contributed by atoms with Crippen LogP contribution in [0.4, 0.5) is 5.95 Å². The highest BCUT2D eigenvalue weighted by molar-refractivity contribution is 5.30. The molecule has 90 valence electrons. The second-order valence-corrected chi connectivity index (χ2v) is 3.35. The van der Waals surface area contributed by atoms with E-state index in [0.717, 1.165) is 31.9 Å². The summed E-state index contributed by atoms with van der Waals surface area (Å²) in [5.41, 5.74) is 0.888. The Balaban J connectivity index is 2.38. The van der Waals surface area contributed by atoms with Gasteiger partial charge in [-0.3, -0.25) is 0 Å². The van der Waals surface area contributed by atoms with Crippen LogP contribution in [0.1, 0.15) is 19.0 Å². The van der Waals surface area contributed by atoms with Gasteiger partial charge in [0.1, 0.15) is 0 Å². The molecular formula is C11H19N3O2. The van der Waals surface area contributed by atoms with Crippen molar-refractivity contribution < 1.29 is 9.47 Å². The maximum absolute atomic E-state index is 5.23. The van der Waals surface area contributed by atoms with Crippen LogP contribution in [-0.4, -0.2) is 36.8 Å². The average Bonchev–Trinajstić information content (AvgIpc) is 2.28. The van der Waals surface area contributed by atoms with Crippen molar-refractivity contribution in [1.29, 1.82) is 0 Å². The van der Waals surface area contributed by atoms with Crippen molar-refractivity contribution in [1.82, 2.24) is 9.97 Å². The molecule has 5 heteroatoms. The van der Waals surface area contributed by atoms with Crippen LogP contribution in [0, 0.1) is 6.92 Å². The van der Waals surface area contributed by atoms with E-state index in [0.29, 0.717) is 11.8 Å². The molecule has 0 aliphatic carbocycles. The van der Waals surface area contributed by atoms with Crippen LogP contribution in [-0.2, 0) is 4.74 Å². The second-order valence-electron chi connectivity index (χ2n) is 3.35. The van der Waals surface area contributed by atoms with Crippen molar-refractivity contribution in [3.8, 4) is 5.88 Å². The molecule has 0 aromatic carbocycles. The summed E-state index contributed by atoms with van der Waals surface area (Å²) in [6, 6.07) is 1.80. The fraction of sp³-hybridized carbons (Fsp3) is 0.636. The van der Waals surface area contributed by atoms with Crippen molar-refractivity contribution in [3.05, 3.63) is 11.8 Å². The molecule has 1 N–H and O–H groups in total. The predicted molar refractivity (Wildman–Crippen MR) is 62.9 cm³/mol. The Labute approximate surface area is 96.2 Å². The first-order valence-electron chi connectivity index (χ1n) is 5.47. The van der Waals surface area contributed by atoms with E-state index in [2.05, 4.69) is 15.3 Å². The molecule has 0 aliphatic rings. The Hall–Kier alpha value is -1.36. The summed E-state index contributed by atoms with van der Waals surface area (Å²) < 4.78 is 10.3. The maximum Gasteiger partial charge on any atom is 0.226 e. The van der Waals surface area contributed by atoms with Gasteiger partial charge < -0.3 is 14.8 Å². The summed E-state index contributed by atoms with van der Waals surface area (Å²) in [4.78, 5) is 8.44. The molecule has 0 spiro atoms. The fourth-order valence-electron chi connectivity index (χ4n) is 1.24. The summed E-state index contributed by atoms with van der Waals surface area (Å²) in [5, 5.41) is 3.14. The molecule has 0 fully saturated rings. The zero-order valence-electron chi connectivity index (χ0n) is 10.1. The summed E-state index contributed by atoms with van der Waals surface area (Å²) in [5.74, 6) is 1.19. The van der Waals surface area contributed by atoms with Gasteiger partial charge in [-0.2, -0.15) is 4.98 Å². The lowest BCUT2D eigenvalue weighted by Gasteiger charge is -2.07. The van der Waals surface area contributed by atoms with E-state index in [4.69, 9.17) is 9.47 Å². The number of aryl methyl sites for hydroxylation is 1. The molecule has 0 aliphatic heterocycles. The Morgan fingerprint density at radius 3 is 2.88 bits per heavy atom. The minimum atomic E-state index is 0.583. The fourth-order valence-corrected chi connectivity index (χ4v) is 1.24. The second kappa shape index (κ2) is 7.00. The Morgan fingerprint density at radius 2 is 2.19 bits per heavy atom. The van der Waals surface area contributed by atoms with E-state index in [1.165, 1.54) is 0 Å². The van der Waals surface area contributed by atoms with E-state index < -0.39 is 0 Å². The number of aromatic nitrogens is 2. The van der Waals surface area contributed by atoms with E-state index in [-0.39, 0.29) is 0 Å². The van der Waals surface area contributed by atoms with E-state index in [9.17, 15) is 0 Å². The normalized spacial score (nSPS) is 10.2. The van der Waals surface area contributed by atoms with Gasteiger partial charge in [0.25, 0.3) is 0 Å². The van der Waals surface area contributed by atoms with Crippen LogP contribution in [0.2, 0.25) is 0 Å². The third-order valence-electron chi connectivity index (χ3n) is 1.99. The van der Waals surface area contributed by atoms with Gasteiger partial charge in [0.05, 0.1) is 7.11 Å². The van der Waals surface area contributed by atoms with Gasteiger partial charge in [0.2, 0.25) is 11.8 Å². The molecule has 16 heavy (non-hydrogen) atoms. The van der Waals surface area contributed by atoms with Gasteiger partial charge in [0, 0.05) is 31.5 Å². The summed E-state index contributed by atoms with van der Waals surface area (Å²) in [7, 11) is 1.60. The maximum atomic E-state index is 5.23. The van der Waals surface area contributed by atoms with Crippen LogP contribution in [0.3, 0.4) is 0 Å². The Bertz CT molecular complexity index is 318. The van der Waals surface area contributed by atoms with Crippen molar-refractivity contribution in [2.45, 2.75) is 20.3 Å². The largest absolute Gasteiger partial charge is 0.481 e. The molecule has 0 saturated carbocycles. The molecule has 1 rings (SSSR count). The number of ether oxygens (including phenoxy) is 2. The van der Waals surface area contributed by atoms with Gasteiger partial charge in [-0.15, -0.1) is 0 Å². The summed E-state index contributed by atoms with van der Waals surface area (Å²) in [6.45, 7) is 6.21. The van der Waals surface area contributed by atoms with E-state index in [1.54, 1.807) is 13.2 Å². The lowest BCUT2D eigenvalue weighted by Crippen LogP contribution is -2.09. The quantitative estimate of drug-likeness (QED) is 0.715. The van der Waals surface area contributed by atoms with Crippen molar-refractivity contribution in [2.75, 3.05) is 32.2 Å². The van der Waals surface area contributed by atoms with Gasteiger partial charge in [0.15, 0.2) is 0 Å². The van der Waals surface area contributed by atoms with Crippen LogP contribution in [0.5, 0.6) is 5.88 Å². The molecule has 0 amide bonds. The highest BCUT2D eigenvalue weighted by Crippen LogP contribution is 2.10. The molecule has 0 atom stereocenters. The minimum Gasteiger partial charge on any atom is -0.481 e. The molecule has 0 bridgehead atoms. The third-order valence-corrected chi connectivity index (χ3v) is 1.99. The van der Waals surface area contributed by atoms with Gasteiger partial charge in [-0.05, 0) is 20.3 Å². The number of hydrogen-bond acceptors (Lipinski definition) is 5. The Morgan fingerprint density at radius 1 is 1.38 bits per heavy atom. The molecule has 0 radical (unpaired) electrons. The first kappa shape index (κ1) is 12.7. The van der Waals surface area contributed by atoms with Gasteiger partial charge >= 0.3 is 0 Å². The number of rotatable bonds is 7. The monoisotopic (exact) mass is 225 g/mol. The first-order chi connectivity index (χ1) is 7.76. The SMILES string of the molecule is CCOCCCNc1nc(C)cc(OC)n1. The molecule has 5 nitrogen and oxygen atoms in total. The molecular weight excluding hydrogens is 206 g/mol. The zero-order valence-corrected chi connectivity index (χ0v) is 10.1. The van der Waals surface area contributed by atoms with Crippen molar-refractivity contribution >= 4 is 5.95 Å². The van der Waals surface area contributed by atoms with Crippen molar-refractivity contribution in [2.24, 2.45) is 0 Å². The van der Waals surface area contributed by atoms with Crippen LogP contribution < -0.4 is 10.1 Å². The zero-order chi connectivity index (χ0) is 11.8. The minimum absolute atomic E-state index is 0.583. The topological polar surface area (TPSA) is 56.3 Å². The highest BCUT2D eigenvalue weighted by Gasteiger charge is 2.00. The molecule has 1 aromatic heterocycles. The third kappa shape index (κ3) is 4.44. The van der Waals surface area contributed by atoms with Crippen LogP contribution in [0.25, 0.3) is 0 Å². The molecule has 1 heterocycles. The van der Waals surface area contributed by atoms with Gasteiger partial charge in [-0.1, -0.05) is 0 Å². The molecule has 0 unspecified atom stereocenters. The van der Waals surface area contributed by atoms with Crippen LogP contribution in [0.15, 0.2) is 6.07 Å². The highest BCUT2D eigenvalue weighted by atomic mass is 16.5. The molecule has 1 aromatic rings. The van der Waals surface area contributed by atoms with Crippen LogP contribution >= 0.6 is 0 Å². The predicted octanol–water partition coefficient (Wildman–Crippen LogP) is 1.63. The number of nitrogens with zero attached hydrogens (tertiary/aromatic N) is 2. The summed E-state index contributed by atoms with van der Waals surface area (Å²) >= 11 is 0. The number of hydrogen-bond donors (Lipinski definition) is 1. The van der Waals surface area contributed by atoms with Gasteiger partial charge in [-0.25, -0.2) is 4.98 Å². The van der Waals surface area contributed by atoms with Crippen molar-refractivity contribution in [3.63, 3.8) is 0 Å². The lowest BCUT2D eigenvalue weighted by atomic mass is 10.4. The summed E-state index contributed by atoms with van der Waals surface area (Å²) in [6.07, 6.45) is 0.938. The number of methoxy groups -OCH3 is 1. The average molecular weight is 225 g/mol. The van der Waals surface area contributed by atoms with E-state index in [1.807, 2.05) is 13.8 Å². The number of anilines is 1. The van der Waals surface area contributed by atoms with E-state index >= 15 is 0 Å². The number of nitrogens with one attached hydrogen (secondary N) is 1.